The van der Waals surface area contributed by atoms with E-state index in [-0.39, 0.29) is 4.90 Å². The van der Waals surface area contributed by atoms with E-state index < -0.39 is 9.05 Å². The van der Waals surface area contributed by atoms with Crippen molar-refractivity contribution in [3.05, 3.63) is 35.9 Å². The lowest BCUT2D eigenvalue weighted by molar-refractivity contribution is 0.609. The lowest BCUT2D eigenvalue weighted by Gasteiger charge is -2.01. The van der Waals surface area contributed by atoms with E-state index in [1.165, 1.54) is 12.1 Å². The maximum absolute atomic E-state index is 10.9. The molecule has 2 nitrogen and oxygen atoms in total. The highest BCUT2D eigenvalue weighted by atomic mass is 35.7. The van der Waals surface area contributed by atoms with Crippen LogP contribution in [0.1, 0.15) is 11.1 Å². The van der Waals surface area contributed by atoms with Crippen LogP contribution < -0.4 is 0 Å². The van der Waals surface area contributed by atoms with E-state index in [0.29, 0.717) is 0 Å². The van der Waals surface area contributed by atoms with Gasteiger partial charge in [0, 0.05) is 10.7 Å². The fourth-order valence-corrected chi connectivity index (χ4v) is 1.86. The zero-order chi connectivity index (χ0) is 10.1. The molecule has 0 aliphatic heterocycles. The van der Waals surface area contributed by atoms with Crippen LogP contribution in [0.3, 0.4) is 0 Å². The second kappa shape index (κ2) is 3.52. The molecule has 0 atom stereocenters. The van der Waals surface area contributed by atoms with Crippen molar-refractivity contribution in [2.24, 2.45) is 0 Å². The maximum atomic E-state index is 10.9. The fourth-order valence-electron chi connectivity index (χ4n) is 1.03. The number of hydrogen-bond donors (Lipinski definition) is 0. The standard InChI is InChI=1S/C9H9ClO2S/c1-3-8-4-5-9(6-7(8)2)13(10,11)12/h3-6H,1H2,2H3. The van der Waals surface area contributed by atoms with Crippen LogP contribution in [-0.2, 0) is 9.05 Å². The molecule has 0 saturated heterocycles. The number of halogens is 1. The van der Waals surface area contributed by atoms with Gasteiger partial charge in [-0.2, -0.15) is 0 Å². The molecule has 0 bridgehead atoms. The highest BCUT2D eigenvalue weighted by Gasteiger charge is 2.09. The summed E-state index contributed by atoms with van der Waals surface area (Å²) in [6.45, 7) is 5.41. The van der Waals surface area contributed by atoms with Crippen molar-refractivity contribution in [2.75, 3.05) is 0 Å². The zero-order valence-corrected chi connectivity index (χ0v) is 8.69. The van der Waals surface area contributed by atoms with Crippen molar-refractivity contribution < 1.29 is 8.42 Å². The molecule has 0 aliphatic rings. The van der Waals surface area contributed by atoms with Crippen molar-refractivity contribution in [1.29, 1.82) is 0 Å². The summed E-state index contributed by atoms with van der Waals surface area (Å²) in [5.74, 6) is 0. The summed E-state index contributed by atoms with van der Waals surface area (Å²) < 4.78 is 21.8. The van der Waals surface area contributed by atoms with Gasteiger partial charge in [-0.3, -0.25) is 0 Å². The average Bonchev–Trinajstić information content (AvgIpc) is 2.02. The molecule has 0 saturated carbocycles. The van der Waals surface area contributed by atoms with Crippen LogP contribution in [-0.4, -0.2) is 8.42 Å². The number of aryl methyl sites for hydroxylation is 1. The monoisotopic (exact) mass is 216 g/mol. The van der Waals surface area contributed by atoms with Crippen LogP contribution in [0.15, 0.2) is 29.7 Å². The molecular formula is C9H9ClO2S. The third kappa shape index (κ3) is 2.32. The number of benzene rings is 1. The molecule has 1 aromatic rings. The van der Waals surface area contributed by atoms with E-state index >= 15 is 0 Å². The molecular weight excluding hydrogens is 208 g/mol. The van der Waals surface area contributed by atoms with Crippen LogP contribution in [0.4, 0.5) is 0 Å². The fraction of sp³-hybridized carbons (Fsp3) is 0.111. The summed E-state index contributed by atoms with van der Waals surface area (Å²) in [6, 6.07) is 4.67. The summed E-state index contributed by atoms with van der Waals surface area (Å²) in [5.41, 5.74) is 1.75. The summed E-state index contributed by atoms with van der Waals surface area (Å²) >= 11 is 0. The molecule has 0 N–H and O–H groups in total. The maximum Gasteiger partial charge on any atom is 0.261 e. The zero-order valence-electron chi connectivity index (χ0n) is 7.12. The first-order valence-electron chi connectivity index (χ1n) is 3.63. The Labute approximate surface area is 82.3 Å². The van der Waals surface area contributed by atoms with Crippen molar-refractivity contribution in [3.8, 4) is 0 Å². The van der Waals surface area contributed by atoms with Gasteiger partial charge in [-0.25, -0.2) is 8.42 Å². The molecule has 0 radical (unpaired) electrons. The van der Waals surface area contributed by atoms with E-state index in [4.69, 9.17) is 10.7 Å². The largest absolute Gasteiger partial charge is 0.261 e. The predicted octanol–water partition coefficient (Wildman–Crippen LogP) is 2.57. The Morgan fingerprint density at radius 2 is 2.08 bits per heavy atom. The first kappa shape index (κ1) is 10.3. The lowest BCUT2D eigenvalue weighted by Crippen LogP contribution is -1.92. The van der Waals surface area contributed by atoms with E-state index in [1.54, 1.807) is 12.1 Å². The minimum absolute atomic E-state index is 0.122. The van der Waals surface area contributed by atoms with Gasteiger partial charge in [0.25, 0.3) is 9.05 Å². The van der Waals surface area contributed by atoms with Crippen molar-refractivity contribution in [1.82, 2.24) is 0 Å². The van der Waals surface area contributed by atoms with Crippen molar-refractivity contribution in [2.45, 2.75) is 11.8 Å². The minimum atomic E-state index is -3.61. The SMILES string of the molecule is C=Cc1ccc(S(=O)(=O)Cl)cc1C. The van der Waals surface area contributed by atoms with Crippen LogP contribution in [0, 0.1) is 6.92 Å². The Balaban J connectivity index is 3.34. The quantitative estimate of drug-likeness (QED) is 0.713. The molecule has 1 aromatic carbocycles. The summed E-state index contributed by atoms with van der Waals surface area (Å²) in [5, 5.41) is 0. The molecule has 0 fully saturated rings. The Morgan fingerprint density at radius 1 is 1.46 bits per heavy atom. The van der Waals surface area contributed by atoms with Gasteiger partial charge in [0.15, 0.2) is 0 Å². The lowest BCUT2D eigenvalue weighted by atomic mass is 10.1. The Kier molecular flexibility index (Phi) is 2.78. The molecule has 0 aromatic heterocycles. The molecule has 70 valence electrons. The number of hydrogen-bond acceptors (Lipinski definition) is 2. The van der Waals surface area contributed by atoms with Gasteiger partial charge >= 0.3 is 0 Å². The van der Waals surface area contributed by atoms with Gasteiger partial charge in [0.2, 0.25) is 0 Å². The molecule has 4 heteroatoms. The average molecular weight is 217 g/mol. The molecule has 0 amide bonds. The van der Waals surface area contributed by atoms with E-state index in [0.717, 1.165) is 11.1 Å². The molecule has 1 rings (SSSR count). The van der Waals surface area contributed by atoms with Crippen LogP contribution in [0.5, 0.6) is 0 Å². The van der Waals surface area contributed by atoms with E-state index in [1.807, 2.05) is 6.92 Å². The minimum Gasteiger partial charge on any atom is -0.207 e. The Bertz CT molecular complexity index is 435. The van der Waals surface area contributed by atoms with Crippen molar-refractivity contribution >= 4 is 25.8 Å². The Hall–Kier alpha value is -0.800. The second-order valence-electron chi connectivity index (χ2n) is 2.66. The second-order valence-corrected chi connectivity index (χ2v) is 5.23. The van der Waals surface area contributed by atoms with Gasteiger partial charge in [-0.15, -0.1) is 0 Å². The summed E-state index contributed by atoms with van der Waals surface area (Å²) in [7, 11) is 1.56. The predicted molar refractivity (Wildman–Crippen MR) is 54.3 cm³/mol. The van der Waals surface area contributed by atoms with Crippen LogP contribution in [0.2, 0.25) is 0 Å². The van der Waals surface area contributed by atoms with Gasteiger partial charge in [-0.1, -0.05) is 18.7 Å². The van der Waals surface area contributed by atoms with Gasteiger partial charge in [0.1, 0.15) is 0 Å². The van der Waals surface area contributed by atoms with E-state index in [9.17, 15) is 8.42 Å². The van der Waals surface area contributed by atoms with Gasteiger partial charge in [-0.05, 0) is 30.2 Å². The van der Waals surface area contributed by atoms with Gasteiger partial charge in [0.05, 0.1) is 4.90 Å². The Morgan fingerprint density at radius 3 is 2.46 bits per heavy atom. The van der Waals surface area contributed by atoms with Gasteiger partial charge < -0.3 is 0 Å². The summed E-state index contributed by atoms with van der Waals surface area (Å²) in [6.07, 6.45) is 1.67. The molecule has 0 aliphatic carbocycles. The molecule has 13 heavy (non-hydrogen) atoms. The highest BCUT2D eigenvalue weighted by molar-refractivity contribution is 8.13. The molecule has 0 spiro atoms. The van der Waals surface area contributed by atoms with Crippen LogP contribution >= 0.6 is 10.7 Å². The first-order valence-corrected chi connectivity index (χ1v) is 5.94. The van der Waals surface area contributed by atoms with Crippen molar-refractivity contribution in [3.63, 3.8) is 0 Å². The summed E-state index contributed by atoms with van der Waals surface area (Å²) in [4.78, 5) is 0.122. The first-order chi connectivity index (χ1) is 5.95. The third-order valence-electron chi connectivity index (χ3n) is 1.74. The van der Waals surface area contributed by atoms with Crippen LogP contribution in [0.25, 0.3) is 6.08 Å². The molecule has 0 heterocycles. The molecule has 0 unspecified atom stereocenters. The van der Waals surface area contributed by atoms with E-state index in [2.05, 4.69) is 6.58 Å². The normalized spacial score (nSPS) is 11.2. The highest BCUT2D eigenvalue weighted by Crippen LogP contribution is 2.19. The smallest absolute Gasteiger partial charge is 0.207 e. The number of rotatable bonds is 2. The third-order valence-corrected chi connectivity index (χ3v) is 3.09. The topological polar surface area (TPSA) is 34.1 Å².